The van der Waals surface area contributed by atoms with Gasteiger partial charge in [-0.3, -0.25) is 4.79 Å². The van der Waals surface area contributed by atoms with E-state index in [0.717, 1.165) is 17.0 Å². The zero-order chi connectivity index (χ0) is 13.8. The molecule has 0 saturated carbocycles. The molecule has 2 aromatic rings. The number of nitrogens with one attached hydrogen (secondary N) is 1. The lowest BCUT2D eigenvalue weighted by molar-refractivity contribution is 0.340. The number of hydrogen-bond acceptors (Lipinski definition) is 3. The van der Waals surface area contributed by atoms with Crippen LogP contribution in [0.25, 0.3) is 11.1 Å². The molecular formula is C15H14N2O2. The first-order chi connectivity index (χ1) is 9.15. The Morgan fingerprint density at radius 3 is 2.84 bits per heavy atom. The fourth-order valence-electron chi connectivity index (χ4n) is 1.95. The van der Waals surface area contributed by atoms with Gasteiger partial charge in [-0.1, -0.05) is 12.1 Å². The topological polar surface area (TPSA) is 65.9 Å². The highest BCUT2D eigenvalue weighted by atomic mass is 16.5. The summed E-state index contributed by atoms with van der Waals surface area (Å²) in [6.45, 7) is 4.27. The van der Waals surface area contributed by atoms with Crippen LogP contribution in [-0.4, -0.2) is 11.6 Å². The van der Waals surface area contributed by atoms with Crippen LogP contribution in [0.5, 0.6) is 5.75 Å². The smallest absolute Gasteiger partial charge is 0.266 e. The lowest BCUT2D eigenvalue weighted by atomic mass is 10.0. The third kappa shape index (κ3) is 2.66. The summed E-state index contributed by atoms with van der Waals surface area (Å²) in [6.07, 6.45) is 0. The van der Waals surface area contributed by atoms with Crippen LogP contribution < -0.4 is 10.3 Å². The molecule has 1 heterocycles. The van der Waals surface area contributed by atoms with Gasteiger partial charge in [0.25, 0.3) is 5.56 Å². The number of ether oxygens (including phenoxy) is 1. The number of benzene rings is 1. The summed E-state index contributed by atoms with van der Waals surface area (Å²) in [5.41, 5.74) is 1.92. The van der Waals surface area contributed by atoms with Crippen molar-refractivity contribution in [2.45, 2.75) is 13.8 Å². The molecule has 0 unspecified atom stereocenters. The van der Waals surface area contributed by atoms with E-state index in [2.05, 4.69) is 4.98 Å². The molecule has 4 nitrogen and oxygen atoms in total. The van der Waals surface area contributed by atoms with E-state index in [4.69, 9.17) is 10.00 Å². The number of hydrogen-bond donors (Lipinski definition) is 1. The minimum atomic E-state index is -0.362. The van der Waals surface area contributed by atoms with E-state index in [1.807, 2.05) is 37.3 Å². The van der Waals surface area contributed by atoms with Crippen LogP contribution in [0.2, 0.25) is 0 Å². The standard InChI is InChI=1S/C15H14N2O2/c1-3-19-12-6-4-5-11(8-12)13-7-10(2)17-15(18)14(13)9-16/h4-8H,3H2,1-2H3,(H,17,18). The summed E-state index contributed by atoms with van der Waals surface area (Å²) in [5.74, 6) is 0.724. The second kappa shape index (κ2) is 5.40. The van der Waals surface area contributed by atoms with Gasteiger partial charge in [0.15, 0.2) is 0 Å². The van der Waals surface area contributed by atoms with E-state index in [0.29, 0.717) is 12.2 Å². The van der Waals surface area contributed by atoms with Gasteiger partial charge < -0.3 is 9.72 Å². The third-order valence-corrected chi connectivity index (χ3v) is 2.74. The van der Waals surface area contributed by atoms with Gasteiger partial charge in [0, 0.05) is 11.3 Å². The van der Waals surface area contributed by atoms with Gasteiger partial charge in [0.2, 0.25) is 0 Å². The van der Waals surface area contributed by atoms with Crippen LogP contribution in [0.1, 0.15) is 18.2 Å². The molecule has 2 rings (SSSR count). The summed E-state index contributed by atoms with van der Waals surface area (Å²) in [6, 6.07) is 11.1. The van der Waals surface area contributed by atoms with Crippen molar-refractivity contribution in [1.29, 1.82) is 5.26 Å². The van der Waals surface area contributed by atoms with Gasteiger partial charge in [0.1, 0.15) is 17.4 Å². The fraction of sp³-hybridized carbons (Fsp3) is 0.200. The second-order valence-corrected chi connectivity index (χ2v) is 4.14. The van der Waals surface area contributed by atoms with Crippen molar-refractivity contribution in [3.8, 4) is 22.9 Å². The summed E-state index contributed by atoms with van der Waals surface area (Å²) in [4.78, 5) is 14.4. The molecule has 1 aromatic heterocycles. The monoisotopic (exact) mass is 254 g/mol. The molecule has 4 heteroatoms. The van der Waals surface area contributed by atoms with Crippen LogP contribution in [-0.2, 0) is 0 Å². The molecule has 96 valence electrons. The molecule has 0 aliphatic rings. The van der Waals surface area contributed by atoms with Gasteiger partial charge in [-0.05, 0) is 37.6 Å². The molecule has 0 aliphatic heterocycles. The molecule has 0 aliphatic carbocycles. The molecule has 1 aromatic carbocycles. The molecule has 0 spiro atoms. The van der Waals surface area contributed by atoms with Crippen molar-refractivity contribution in [2.75, 3.05) is 6.61 Å². The van der Waals surface area contributed by atoms with E-state index >= 15 is 0 Å². The Balaban J connectivity index is 2.62. The molecule has 19 heavy (non-hydrogen) atoms. The number of nitriles is 1. The Bertz CT molecular complexity index is 696. The largest absolute Gasteiger partial charge is 0.494 e. The zero-order valence-electron chi connectivity index (χ0n) is 10.9. The van der Waals surface area contributed by atoms with Crippen LogP contribution in [0.4, 0.5) is 0 Å². The Labute approximate surface area is 111 Å². The molecular weight excluding hydrogens is 240 g/mol. The average molecular weight is 254 g/mol. The average Bonchev–Trinajstić information content (AvgIpc) is 2.38. The van der Waals surface area contributed by atoms with Gasteiger partial charge in [-0.15, -0.1) is 0 Å². The van der Waals surface area contributed by atoms with Crippen molar-refractivity contribution in [1.82, 2.24) is 4.98 Å². The highest BCUT2D eigenvalue weighted by molar-refractivity contribution is 5.71. The summed E-state index contributed by atoms with van der Waals surface area (Å²) >= 11 is 0. The molecule has 0 atom stereocenters. The maximum atomic E-state index is 11.8. The van der Waals surface area contributed by atoms with Crippen molar-refractivity contribution < 1.29 is 4.74 Å². The Morgan fingerprint density at radius 2 is 2.16 bits per heavy atom. The molecule has 0 bridgehead atoms. The first-order valence-corrected chi connectivity index (χ1v) is 6.03. The second-order valence-electron chi connectivity index (χ2n) is 4.14. The normalized spacial score (nSPS) is 9.95. The van der Waals surface area contributed by atoms with E-state index in [-0.39, 0.29) is 11.1 Å². The first kappa shape index (κ1) is 12.9. The highest BCUT2D eigenvalue weighted by Gasteiger charge is 2.10. The van der Waals surface area contributed by atoms with Crippen molar-refractivity contribution in [3.05, 3.63) is 51.9 Å². The Morgan fingerprint density at radius 1 is 1.37 bits per heavy atom. The van der Waals surface area contributed by atoms with Crippen LogP contribution in [0.3, 0.4) is 0 Å². The van der Waals surface area contributed by atoms with E-state index in [9.17, 15) is 4.79 Å². The lowest BCUT2D eigenvalue weighted by Crippen LogP contribution is -2.12. The van der Waals surface area contributed by atoms with Gasteiger partial charge in [-0.25, -0.2) is 0 Å². The SMILES string of the molecule is CCOc1cccc(-c2cc(C)[nH]c(=O)c2C#N)c1. The Hall–Kier alpha value is -2.54. The number of rotatable bonds is 3. The van der Waals surface area contributed by atoms with Crippen LogP contribution in [0.15, 0.2) is 35.1 Å². The number of pyridine rings is 1. The zero-order valence-corrected chi connectivity index (χ0v) is 10.9. The number of nitrogens with zero attached hydrogens (tertiary/aromatic N) is 1. The lowest BCUT2D eigenvalue weighted by Gasteiger charge is -2.08. The fourth-order valence-corrected chi connectivity index (χ4v) is 1.95. The molecule has 1 N–H and O–H groups in total. The predicted octanol–water partition coefficient (Wildman–Crippen LogP) is 2.62. The first-order valence-electron chi connectivity index (χ1n) is 6.03. The molecule has 0 saturated heterocycles. The quantitative estimate of drug-likeness (QED) is 0.915. The number of H-pyrrole nitrogens is 1. The van der Waals surface area contributed by atoms with Crippen LogP contribution >= 0.6 is 0 Å². The maximum Gasteiger partial charge on any atom is 0.266 e. The minimum Gasteiger partial charge on any atom is -0.494 e. The summed E-state index contributed by atoms with van der Waals surface area (Å²) in [5, 5.41) is 9.12. The van der Waals surface area contributed by atoms with Crippen LogP contribution in [0, 0.1) is 18.3 Å². The third-order valence-electron chi connectivity index (χ3n) is 2.74. The predicted molar refractivity (Wildman–Crippen MR) is 73.1 cm³/mol. The number of aromatic amines is 1. The van der Waals surface area contributed by atoms with Crippen molar-refractivity contribution >= 4 is 0 Å². The van der Waals surface area contributed by atoms with Crippen molar-refractivity contribution in [2.24, 2.45) is 0 Å². The highest BCUT2D eigenvalue weighted by Crippen LogP contribution is 2.25. The van der Waals surface area contributed by atoms with Gasteiger partial charge >= 0.3 is 0 Å². The Kier molecular flexibility index (Phi) is 3.67. The number of aryl methyl sites for hydroxylation is 1. The minimum absolute atomic E-state index is 0.124. The van der Waals surface area contributed by atoms with Crippen molar-refractivity contribution in [3.63, 3.8) is 0 Å². The van der Waals surface area contributed by atoms with E-state index in [1.165, 1.54) is 0 Å². The maximum absolute atomic E-state index is 11.8. The van der Waals surface area contributed by atoms with E-state index < -0.39 is 0 Å². The van der Waals surface area contributed by atoms with Gasteiger partial charge in [0.05, 0.1) is 6.61 Å². The van der Waals surface area contributed by atoms with E-state index in [1.54, 1.807) is 13.0 Å². The van der Waals surface area contributed by atoms with Gasteiger partial charge in [-0.2, -0.15) is 5.26 Å². The summed E-state index contributed by atoms with van der Waals surface area (Å²) in [7, 11) is 0. The molecule has 0 radical (unpaired) electrons. The molecule has 0 amide bonds. The summed E-state index contributed by atoms with van der Waals surface area (Å²) < 4.78 is 5.43. The molecule has 0 fully saturated rings. The number of aromatic nitrogens is 1.